The molecule has 3 rings (SSSR count). The van der Waals surface area contributed by atoms with Gasteiger partial charge < -0.3 is 19.9 Å². The van der Waals surface area contributed by atoms with Crippen molar-refractivity contribution >= 4 is 29.9 Å². The first-order chi connectivity index (χ1) is 14.8. The number of nitrogens with zero attached hydrogens (tertiary/aromatic N) is 4. The Bertz CT molecular complexity index is 911. The molecule has 3 aromatic rings. The zero-order valence-electron chi connectivity index (χ0n) is 18.1. The SMILES string of the molecule is CCc1nncn1CCNC(=NC)NCc1ccc(COCc2ccccc2)cc1.I. The lowest BCUT2D eigenvalue weighted by atomic mass is 10.1. The van der Waals surface area contributed by atoms with Crippen molar-refractivity contribution in [1.29, 1.82) is 0 Å². The van der Waals surface area contributed by atoms with Crippen LogP contribution in [0.2, 0.25) is 0 Å². The Kier molecular flexibility index (Phi) is 11.0. The van der Waals surface area contributed by atoms with Gasteiger partial charge >= 0.3 is 0 Å². The highest BCUT2D eigenvalue weighted by Crippen LogP contribution is 2.08. The topological polar surface area (TPSA) is 76.4 Å². The Hall–Kier alpha value is -2.46. The van der Waals surface area contributed by atoms with E-state index in [0.29, 0.717) is 19.8 Å². The first-order valence-electron chi connectivity index (χ1n) is 10.3. The van der Waals surface area contributed by atoms with E-state index in [1.165, 1.54) is 11.1 Å². The van der Waals surface area contributed by atoms with Crippen LogP contribution in [0.3, 0.4) is 0 Å². The molecule has 0 spiro atoms. The van der Waals surface area contributed by atoms with Crippen LogP contribution < -0.4 is 10.6 Å². The lowest BCUT2D eigenvalue weighted by Gasteiger charge is -2.13. The number of aliphatic imine (C=N–C) groups is 1. The molecule has 8 heteroatoms. The molecule has 166 valence electrons. The molecule has 0 aliphatic carbocycles. The van der Waals surface area contributed by atoms with Crippen LogP contribution in [-0.4, -0.2) is 34.3 Å². The van der Waals surface area contributed by atoms with Crippen molar-refractivity contribution in [3.05, 3.63) is 83.4 Å². The van der Waals surface area contributed by atoms with Gasteiger partial charge in [-0.1, -0.05) is 61.5 Å². The summed E-state index contributed by atoms with van der Waals surface area (Å²) in [6.45, 7) is 5.57. The Labute approximate surface area is 201 Å². The molecule has 1 heterocycles. The van der Waals surface area contributed by atoms with Gasteiger partial charge in [0, 0.05) is 33.1 Å². The zero-order chi connectivity index (χ0) is 21.0. The predicted octanol–water partition coefficient (Wildman–Crippen LogP) is 3.54. The van der Waals surface area contributed by atoms with Crippen LogP contribution in [0.4, 0.5) is 0 Å². The van der Waals surface area contributed by atoms with Crippen molar-refractivity contribution in [2.45, 2.75) is 39.6 Å². The van der Waals surface area contributed by atoms with Crippen molar-refractivity contribution in [3.8, 4) is 0 Å². The molecule has 0 bridgehead atoms. The lowest BCUT2D eigenvalue weighted by molar-refractivity contribution is 0.107. The van der Waals surface area contributed by atoms with Crippen molar-refractivity contribution in [3.63, 3.8) is 0 Å². The molecule has 0 saturated heterocycles. The summed E-state index contributed by atoms with van der Waals surface area (Å²) < 4.78 is 7.85. The second-order valence-corrected chi connectivity index (χ2v) is 6.94. The van der Waals surface area contributed by atoms with Gasteiger partial charge in [0.05, 0.1) is 13.2 Å². The van der Waals surface area contributed by atoms with Crippen LogP contribution in [-0.2, 0) is 37.5 Å². The minimum Gasteiger partial charge on any atom is -0.372 e. The third-order valence-corrected chi connectivity index (χ3v) is 4.74. The highest BCUT2D eigenvalue weighted by Gasteiger charge is 2.03. The molecule has 2 N–H and O–H groups in total. The average molecular weight is 534 g/mol. The van der Waals surface area contributed by atoms with Crippen molar-refractivity contribution < 1.29 is 4.74 Å². The van der Waals surface area contributed by atoms with E-state index >= 15 is 0 Å². The quantitative estimate of drug-likeness (QED) is 0.237. The Balaban J connectivity index is 0.00000341. The van der Waals surface area contributed by atoms with E-state index in [1.807, 2.05) is 18.2 Å². The Morgan fingerprint density at radius 1 is 0.968 bits per heavy atom. The summed E-state index contributed by atoms with van der Waals surface area (Å²) in [5.41, 5.74) is 3.54. The van der Waals surface area contributed by atoms with Crippen molar-refractivity contribution in [2.75, 3.05) is 13.6 Å². The van der Waals surface area contributed by atoms with Gasteiger partial charge in [-0.25, -0.2) is 0 Å². The van der Waals surface area contributed by atoms with Gasteiger partial charge in [0.25, 0.3) is 0 Å². The van der Waals surface area contributed by atoms with Crippen LogP contribution in [0, 0.1) is 0 Å². The van der Waals surface area contributed by atoms with Crippen molar-refractivity contribution in [1.82, 2.24) is 25.4 Å². The monoisotopic (exact) mass is 534 g/mol. The van der Waals surface area contributed by atoms with Crippen molar-refractivity contribution in [2.24, 2.45) is 4.99 Å². The second kappa shape index (κ2) is 13.8. The fourth-order valence-corrected chi connectivity index (χ4v) is 3.05. The maximum Gasteiger partial charge on any atom is 0.191 e. The number of nitrogens with one attached hydrogen (secondary N) is 2. The van der Waals surface area contributed by atoms with Gasteiger partial charge in [0.15, 0.2) is 5.96 Å². The molecule has 0 fully saturated rings. The van der Waals surface area contributed by atoms with Gasteiger partial charge in [-0.3, -0.25) is 4.99 Å². The van der Waals surface area contributed by atoms with E-state index in [4.69, 9.17) is 4.74 Å². The van der Waals surface area contributed by atoms with Gasteiger partial charge in [0.2, 0.25) is 0 Å². The maximum absolute atomic E-state index is 5.80. The summed E-state index contributed by atoms with van der Waals surface area (Å²) in [4.78, 5) is 4.29. The molecule has 31 heavy (non-hydrogen) atoms. The van der Waals surface area contributed by atoms with Gasteiger partial charge in [0.1, 0.15) is 12.2 Å². The number of aromatic nitrogens is 3. The summed E-state index contributed by atoms with van der Waals surface area (Å²) in [6, 6.07) is 18.7. The molecule has 0 radical (unpaired) electrons. The first kappa shape index (κ1) is 24.8. The molecule has 0 aliphatic rings. The molecular formula is C23H31IN6O. The number of aryl methyl sites for hydroxylation is 1. The smallest absolute Gasteiger partial charge is 0.191 e. The maximum atomic E-state index is 5.80. The summed E-state index contributed by atoms with van der Waals surface area (Å²) >= 11 is 0. The zero-order valence-corrected chi connectivity index (χ0v) is 20.5. The molecule has 1 aromatic heterocycles. The number of rotatable bonds is 10. The Morgan fingerprint density at radius 3 is 2.32 bits per heavy atom. The van der Waals surface area contributed by atoms with Crippen LogP contribution in [0.5, 0.6) is 0 Å². The standard InChI is InChI=1S/C23H30N6O.HI/c1-3-22-28-27-18-29(22)14-13-25-23(24-2)26-15-19-9-11-21(12-10-19)17-30-16-20-7-5-4-6-8-20;/h4-12,18H,3,13-17H2,1-2H3,(H2,24,25,26);1H. The highest BCUT2D eigenvalue weighted by atomic mass is 127. The minimum atomic E-state index is 0. The predicted molar refractivity (Wildman–Crippen MR) is 134 cm³/mol. The number of halogens is 1. The summed E-state index contributed by atoms with van der Waals surface area (Å²) in [5, 5.41) is 14.7. The molecular weight excluding hydrogens is 503 g/mol. The minimum absolute atomic E-state index is 0. The van der Waals surface area contributed by atoms with E-state index < -0.39 is 0 Å². The summed E-state index contributed by atoms with van der Waals surface area (Å²) in [6.07, 6.45) is 2.64. The fraction of sp³-hybridized carbons (Fsp3) is 0.348. The molecule has 0 amide bonds. The fourth-order valence-electron chi connectivity index (χ4n) is 3.05. The largest absolute Gasteiger partial charge is 0.372 e. The molecule has 0 unspecified atom stereocenters. The summed E-state index contributed by atoms with van der Waals surface area (Å²) in [7, 11) is 1.78. The van der Waals surface area contributed by atoms with Crippen LogP contribution in [0.1, 0.15) is 29.4 Å². The molecule has 2 aromatic carbocycles. The van der Waals surface area contributed by atoms with E-state index in [0.717, 1.165) is 36.9 Å². The van der Waals surface area contributed by atoms with E-state index in [1.54, 1.807) is 13.4 Å². The van der Waals surface area contributed by atoms with Crippen LogP contribution in [0.15, 0.2) is 65.9 Å². The second-order valence-electron chi connectivity index (χ2n) is 6.94. The molecule has 7 nitrogen and oxygen atoms in total. The number of benzene rings is 2. The van der Waals surface area contributed by atoms with Gasteiger partial charge in [-0.05, 0) is 16.7 Å². The van der Waals surface area contributed by atoms with Gasteiger partial charge in [-0.2, -0.15) is 0 Å². The molecule has 0 saturated carbocycles. The first-order valence-corrected chi connectivity index (χ1v) is 10.3. The lowest BCUT2D eigenvalue weighted by Crippen LogP contribution is -2.38. The molecule has 0 atom stereocenters. The third-order valence-electron chi connectivity index (χ3n) is 4.74. The third kappa shape index (κ3) is 8.29. The highest BCUT2D eigenvalue weighted by molar-refractivity contribution is 14.0. The average Bonchev–Trinajstić information content (AvgIpc) is 3.25. The Morgan fingerprint density at radius 2 is 1.65 bits per heavy atom. The van der Waals surface area contributed by atoms with E-state index in [-0.39, 0.29) is 24.0 Å². The van der Waals surface area contributed by atoms with Crippen LogP contribution >= 0.6 is 24.0 Å². The number of ether oxygens (including phenoxy) is 1. The summed E-state index contributed by atoms with van der Waals surface area (Å²) in [5.74, 6) is 1.77. The van der Waals surface area contributed by atoms with E-state index in [2.05, 4.69) is 73.7 Å². The van der Waals surface area contributed by atoms with Crippen LogP contribution in [0.25, 0.3) is 0 Å². The molecule has 0 aliphatic heterocycles. The number of guanidine groups is 1. The van der Waals surface area contributed by atoms with Gasteiger partial charge in [-0.15, -0.1) is 34.2 Å². The normalized spacial score (nSPS) is 11.1. The number of hydrogen-bond acceptors (Lipinski definition) is 4. The van der Waals surface area contributed by atoms with E-state index in [9.17, 15) is 0 Å². The number of hydrogen-bond donors (Lipinski definition) is 2.